The third kappa shape index (κ3) is 2.57. The lowest BCUT2D eigenvalue weighted by Crippen LogP contribution is -2.29. The molecule has 0 radical (unpaired) electrons. The van der Waals surface area contributed by atoms with Gasteiger partial charge in [0.15, 0.2) is 0 Å². The van der Waals surface area contributed by atoms with E-state index in [0.717, 1.165) is 12.7 Å². The molecule has 13 heavy (non-hydrogen) atoms. The van der Waals surface area contributed by atoms with Gasteiger partial charge in [0.1, 0.15) is 5.10 Å². The van der Waals surface area contributed by atoms with Gasteiger partial charge in [-0.25, -0.2) is 4.68 Å². The van der Waals surface area contributed by atoms with E-state index in [9.17, 15) is 20.2 Å². The summed E-state index contributed by atoms with van der Waals surface area (Å²) in [7, 11) is 0. The molecule has 0 atom stereocenters. The van der Waals surface area contributed by atoms with Gasteiger partial charge in [0, 0.05) is 4.79 Å². The molecule has 0 saturated carbocycles. The van der Waals surface area contributed by atoms with Gasteiger partial charge in [0.05, 0.1) is 0 Å². The van der Waals surface area contributed by atoms with E-state index in [4.69, 9.17) is 0 Å². The van der Waals surface area contributed by atoms with Crippen molar-refractivity contribution in [2.45, 2.75) is 0 Å². The van der Waals surface area contributed by atoms with Crippen molar-refractivity contribution in [3.63, 3.8) is 0 Å². The molecule has 0 aliphatic heterocycles. The zero-order valence-electron chi connectivity index (χ0n) is 5.92. The van der Waals surface area contributed by atoms with Gasteiger partial charge >= 0.3 is 6.33 Å². The highest BCUT2D eigenvalue weighted by Crippen LogP contribution is 1.89. The summed E-state index contributed by atoms with van der Waals surface area (Å²) in [5.74, 6) is 0. The highest BCUT2D eigenvalue weighted by molar-refractivity contribution is 4.57. The van der Waals surface area contributed by atoms with Crippen LogP contribution in [-0.2, 0) is 0 Å². The summed E-state index contributed by atoms with van der Waals surface area (Å²) >= 11 is 0. The summed E-state index contributed by atoms with van der Waals surface area (Å²) < 4.78 is 0.674. The van der Waals surface area contributed by atoms with Gasteiger partial charge < -0.3 is 20.2 Å². The number of nitro groups is 2. The first-order valence-corrected chi connectivity index (χ1v) is 2.76. The van der Waals surface area contributed by atoms with E-state index in [1.165, 1.54) is 0 Å². The topological polar surface area (TPSA) is 136 Å². The van der Waals surface area contributed by atoms with Crippen LogP contribution in [0.25, 0.3) is 11.1 Å². The first-order valence-electron chi connectivity index (χ1n) is 2.76. The lowest BCUT2D eigenvalue weighted by molar-refractivity contribution is -0.738. The van der Waals surface area contributed by atoms with Crippen LogP contribution < -0.4 is 4.68 Å². The van der Waals surface area contributed by atoms with Gasteiger partial charge in [-0.1, -0.05) is 0 Å². The second kappa shape index (κ2) is 3.29. The van der Waals surface area contributed by atoms with E-state index < -0.39 is 10.1 Å². The van der Waals surface area contributed by atoms with Crippen molar-refractivity contribution in [1.82, 2.24) is 9.89 Å². The molecule has 1 heterocycles. The zero-order valence-corrected chi connectivity index (χ0v) is 5.92. The molecular formula is C2H2N7O4-. The second-order valence-electron chi connectivity index (χ2n) is 1.70. The van der Waals surface area contributed by atoms with Crippen LogP contribution >= 0.6 is 0 Å². The fourth-order valence-corrected chi connectivity index (χ4v) is 0.523. The Hall–Kier alpha value is -2.46. The quantitative estimate of drug-likeness (QED) is 0.333. The summed E-state index contributed by atoms with van der Waals surface area (Å²) in [5.41, 5.74) is 5.47. The monoisotopic (exact) mass is 188 g/mol. The van der Waals surface area contributed by atoms with Crippen molar-refractivity contribution < 1.29 is 14.7 Å². The molecule has 0 amide bonds. The Morgan fingerprint density at radius 3 is 2.62 bits per heavy atom. The molecular weight excluding hydrogens is 186 g/mol. The Morgan fingerprint density at radius 1 is 1.38 bits per heavy atom. The van der Waals surface area contributed by atoms with E-state index in [1.54, 1.807) is 0 Å². The summed E-state index contributed by atoms with van der Waals surface area (Å²) in [6, 6.07) is 0. The summed E-state index contributed by atoms with van der Waals surface area (Å²) in [6.45, 7) is 0. The zero-order chi connectivity index (χ0) is 9.84. The summed E-state index contributed by atoms with van der Waals surface area (Å²) in [5, 5.41) is 20.9. The molecule has 1 rings (SSSR count). The van der Waals surface area contributed by atoms with Crippen molar-refractivity contribution in [3.8, 4) is 0 Å². The third-order valence-corrected chi connectivity index (χ3v) is 0.851. The molecule has 0 N–H and O–H groups in total. The van der Waals surface area contributed by atoms with Gasteiger partial charge in [0.25, 0.3) is 6.33 Å². The van der Waals surface area contributed by atoms with Crippen LogP contribution in [0.4, 0.5) is 0 Å². The average molecular weight is 188 g/mol. The Labute approximate surface area is 69.8 Å². The SMILES string of the molecule is O=[N+]([O-])[N-]n1c[n+]([N-][N+](=O)[O-])cn1. The summed E-state index contributed by atoms with van der Waals surface area (Å²) in [6.07, 6.45) is 1.77. The van der Waals surface area contributed by atoms with Crippen LogP contribution in [0, 0.1) is 20.2 Å². The maximum Gasteiger partial charge on any atom is 0.333 e. The van der Waals surface area contributed by atoms with E-state index >= 15 is 0 Å². The first-order chi connectivity index (χ1) is 6.08. The number of nitrogens with zero attached hydrogens (tertiary/aromatic N) is 7. The predicted octanol–water partition coefficient (Wildman–Crippen LogP) is -1.17. The number of hydrogen-bond donors (Lipinski definition) is 0. The van der Waals surface area contributed by atoms with Crippen LogP contribution in [0.15, 0.2) is 12.7 Å². The van der Waals surface area contributed by atoms with Crippen molar-refractivity contribution in [1.29, 1.82) is 0 Å². The number of hydrogen-bond acceptors (Lipinski definition) is 5. The third-order valence-electron chi connectivity index (χ3n) is 0.851. The molecule has 11 nitrogen and oxygen atoms in total. The first kappa shape index (κ1) is 8.63. The standard InChI is InChI=1S/C2H2N7O4/c10-8(11)4-6-1-3-7(2-6)5-9(12)13/h1-2H/q-1. The smallest absolute Gasteiger partial charge is 0.333 e. The molecule has 0 spiro atoms. The predicted molar refractivity (Wildman–Crippen MR) is 33.9 cm³/mol. The average Bonchev–Trinajstić information content (AvgIpc) is 2.33. The van der Waals surface area contributed by atoms with E-state index in [-0.39, 0.29) is 0 Å². The molecule has 1 aromatic rings. The fourth-order valence-electron chi connectivity index (χ4n) is 0.523. The van der Waals surface area contributed by atoms with Crippen LogP contribution in [0.5, 0.6) is 0 Å². The molecule has 0 fully saturated rings. The van der Waals surface area contributed by atoms with Crippen molar-refractivity contribution in [3.05, 3.63) is 44.0 Å². The highest BCUT2D eigenvalue weighted by Gasteiger charge is 2.05. The van der Waals surface area contributed by atoms with Gasteiger partial charge in [-0.15, -0.1) is 5.03 Å². The molecule has 0 bridgehead atoms. The van der Waals surface area contributed by atoms with Crippen molar-refractivity contribution in [2.24, 2.45) is 0 Å². The molecule has 0 unspecified atom stereocenters. The summed E-state index contributed by atoms with van der Waals surface area (Å²) in [4.78, 5) is 20.2. The lowest BCUT2D eigenvalue weighted by Gasteiger charge is -2.07. The molecule has 0 aromatic carbocycles. The Balaban J connectivity index is 2.63. The van der Waals surface area contributed by atoms with Crippen molar-refractivity contribution >= 4 is 0 Å². The highest BCUT2D eigenvalue weighted by atomic mass is 16.7. The second-order valence-corrected chi connectivity index (χ2v) is 1.70. The van der Waals surface area contributed by atoms with Crippen molar-refractivity contribution in [2.75, 3.05) is 0 Å². The fraction of sp³-hybridized carbons (Fsp3) is 0. The van der Waals surface area contributed by atoms with Gasteiger partial charge in [-0.2, -0.15) is 0 Å². The maximum atomic E-state index is 9.82. The van der Waals surface area contributed by atoms with Gasteiger partial charge in [-0.3, -0.25) is 5.53 Å². The minimum absolute atomic E-state index is 0.535. The van der Waals surface area contributed by atoms with E-state index in [0.29, 0.717) is 9.47 Å². The minimum atomic E-state index is -0.997. The van der Waals surface area contributed by atoms with Gasteiger partial charge in [-0.05, 0) is 10.6 Å². The number of rotatable bonds is 4. The van der Waals surface area contributed by atoms with Crippen LogP contribution in [0.1, 0.15) is 0 Å². The van der Waals surface area contributed by atoms with E-state index in [1.807, 2.05) is 0 Å². The number of aromatic nitrogens is 3. The minimum Gasteiger partial charge on any atom is -0.373 e. The molecule has 0 saturated heterocycles. The van der Waals surface area contributed by atoms with Crippen LogP contribution in [0.2, 0.25) is 0 Å². The van der Waals surface area contributed by atoms with Gasteiger partial charge in [0.2, 0.25) is 0 Å². The molecule has 11 heteroatoms. The molecule has 70 valence electrons. The van der Waals surface area contributed by atoms with E-state index in [2.05, 4.69) is 16.2 Å². The Kier molecular flexibility index (Phi) is 2.19. The Morgan fingerprint density at radius 2 is 2.08 bits per heavy atom. The normalized spacial score (nSPS) is 9.23. The molecule has 1 aromatic heterocycles. The molecule has 0 aliphatic rings. The van der Waals surface area contributed by atoms with Crippen LogP contribution in [-0.4, -0.2) is 20.0 Å². The lowest BCUT2D eigenvalue weighted by atomic mass is 11.2. The maximum absolute atomic E-state index is 9.82. The largest absolute Gasteiger partial charge is 0.373 e. The van der Waals surface area contributed by atoms with Crippen LogP contribution in [0.3, 0.4) is 0 Å². The Bertz CT molecular complexity index is 300. The molecule has 0 aliphatic carbocycles.